The first kappa shape index (κ1) is 16.0. The predicted octanol–water partition coefficient (Wildman–Crippen LogP) is 4.63. The van der Waals surface area contributed by atoms with Gasteiger partial charge in [0.2, 0.25) is 0 Å². The van der Waals surface area contributed by atoms with Gasteiger partial charge in [0.25, 0.3) is 0 Å². The normalized spacial score (nSPS) is 10.4. The second-order valence-corrected chi connectivity index (χ2v) is 5.30. The zero-order valence-corrected chi connectivity index (χ0v) is 13.2. The Morgan fingerprint density at radius 1 is 1.00 bits per heavy atom. The number of ether oxygens (including phenoxy) is 2. The third-order valence-electron chi connectivity index (χ3n) is 2.90. The standard InChI is InChI=1S/C16H17Cl2NO2/c1-20-8-9-21-15-5-3-14(4-6-15)19-11-12-10-13(17)2-7-16(12)18/h2-7,10,19H,8-9,11H2,1H3. The first-order valence-electron chi connectivity index (χ1n) is 6.58. The summed E-state index contributed by atoms with van der Waals surface area (Å²) >= 11 is 12.1. The van der Waals surface area contributed by atoms with E-state index in [1.54, 1.807) is 19.2 Å². The van der Waals surface area contributed by atoms with Gasteiger partial charge in [-0.3, -0.25) is 0 Å². The van der Waals surface area contributed by atoms with Crippen molar-refractivity contribution in [2.75, 3.05) is 25.6 Å². The molecule has 0 radical (unpaired) electrons. The van der Waals surface area contributed by atoms with Gasteiger partial charge in [0.1, 0.15) is 12.4 Å². The number of hydrogen-bond donors (Lipinski definition) is 1. The zero-order chi connectivity index (χ0) is 15.1. The van der Waals surface area contributed by atoms with Crippen LogP contribution in [-0.2, 0) is 11.3 Å². The van der Waals surface area contributed by atoms with Crippen LogP contribution in [-0.4, -0.2) is 20.3 Å². The Morgan fingerprint density at radius 2 is 1.76 bits per heavy atom. The summed E-state index contributed by atoms with van der Waals surface area (Å²) in [6, 6.07) is 13.2. The van der Waals surface area contributed by atoms with E-state index in [1.807, 2.05) is 30.3 Å². The van der Waals surface area contributed by atoms with Crippen LogP contribution in [0.3, 0.4) is 0 Å². The molecule has 0 unspecified atom stereocenters. The number of hydrogen-bond acceptors (Lipinski definition) is 3. The molecule has 2 rings (SSSR count). The van der Waals surface area contributed by atoms with Crippen LogP contribution in [0.15, 0.2) is 42.5 Å². The third kappa shape index (κ3) is 5.12. The molecule has 0 aliphatic rings. The molecule has 0 atom stereocenters. The van der Waals surface area contributed by atoms with Crippen molar-refractivity contribution >= 4 is 28.9 Å². The highest BCUT2D eigenvalue weighted by molar-refractivity contribution is 6.33. The SMILES string of the molecule is COCCOc1ccc(NCc2cc(Cl)ccc2Cl)cc1. The number of rotatable bonds is 7. The van der Waals surface area contributed by atoms with Crippen molar-refractivity contribution in [1.29, 1.82) is 0 Å². The average molecular weight is 326 g/mol. The molecule has 0 spiro atoms. The monoisotopic (exact) mass is 325 g/mol. The second kappa shape index (κ2) is 8.13. The summed E-state index contributed by atoms with van der Waals surface area (Å²) < 4.78 is 10.4. The fraction of sp³-hybridized carbons (Fsp3) is 0.250. The molecule has 0 saturated carbocycles. The van der Waals surface area contributed by atoms with E-state index in [0.717, 1.165) is 17.0 Å². The molecule has 0 fully saturated rings. The van der Waals surface area contributed by atoms with Gasteiger partial charge in [-0.25, -0.2) is 0 Å². The van der Waals surface area contributed by atoms with E-state index in [-0.39, 0.29) is 0 Å². The molecule has 1 N–H and O–H groups in total. The van der Waals surface area contributed by atoms with Gasteiger partial charge in [0, 0.05) is 29.4 Å². The van der Waals surface area contributed by atoms with Crippen LogP contribution in [0, 0.1) is 0 Å². The smallest absolute Gasteiger partial charge is 0.119 e. The van der Waals surface area contributed by atoms with Gasteiger partial charge < -0.3 is 14.8 Å². The van der Waals surface area contributed by atoms with Gasteiger partial charge in [-0.1, -0.05) is 23.2 Å². The molecule has 0 aliphatic heterocycles. The van der Waals surface area contributed by atoms with Crippen LogP contribution in [0.5, 0.6) is 5.75 Å². The molecule has 112 valence electrons. The topological polar surface area (TPSA) is 30.5 Å². The number of benzene rings is 2. The Morgan fingerprint density at radius 3 is 2.48 bits per heavy atom. The Hall–Kier alpha value is -1.42. The summed E-state index contributed by atoms with van der Waals surface area (Å²) in [6.45, 7) is 1.73. The maximum absolute atomic E-state index is 6.13. The van der Waals surface area contributed by atoms with E-state index >= 15 is 0 Å². The minimum Gasteiger partial charge on any atom is -0.491 e. The molecule has 2 aromatic rings. The molecule has 2 aromatic carbocycles. The number of nitrogens with one attached hydrogen (secondary N) is 1. The zero-order valence-electron chi connectivity index (χ0n) is 11.7. The number of halogens is 2. The molecule has 0 bridgehead atoms. The van der Waals surface area contributed by atoms with E-state index in [2.05, 4.69) is 5.32 Å². The van der Waals surface area contributed by atoms with Crippen molar-refractivity contribution in [1.82, 2.24) is 0 Å². The highest BCUT2D eigenvalue weighted by Crippen LogP contribution is 2.22. The van der Waals surface area contributed by atoms with Crippen LogP contribution >= 0.6 is 23.2 Å². The molecule has 5 heteroatoms. The van der Waals surface area contributed by atoms with Gasteiger partial charge in [-0.05, 0) is 48.0 Å². The van der Waals surface area contributed by atoms with E-state index in [9.17, 15) is 0 Å². The largest absolute Gasteiger partial charge is 0.491 e. The summed E-state index contributed by atoms with van der Waals surface area (Å²) in [7, 11) is 1.65. The van der Waals surface area contributed by atoms with Crippen molar-refractivity contribution in [2.45, 2.75) is 6.54 Å². The average Bonchev–Trinajstić information content (AvgIpc) is 2.50. The molecular formula is C16H17Cl2NO2. The molecule has 3 nitrogen and oxygen atoms in total. The molecule has 0 aromatic heterocycles. The van der Waals surface area contributed by atoms with Crippen molar-refractivity contribution in [3.8, 4) is 5.75 Å². The first-order chi connectivity index (χ1) is 10.2. The second-order valence-electron chi connectivity index (χ2n) is 4.45. The van der Waals surface area contributed by atoms with Gasteiger partial charge in [0.15, 0.2) is 0 Å². The Labute approximate surface area is 134 Å². The van der Waals surface area contributed by atoms with Gasteiger partial charge in [-0.15, -0.1) is 0 Å². The summed E-state index contributed by atoms with van der Waals surface area (Å²) in [5.74, 6) is 0.818. The van der Waals surface area contributed by atoms with Crippen LogP contribution in [0.2, 0.25) is 10.0 Å². The van der Waals surface area contributed by atoms with Crippen molar-refractivity contribution in [3.05, 3.63) is 58.1 Å². The first-order valence-corrected chi connectivity index (χ1v) is 7.34. The maximum Gasteiger partial charge on any atom is 0.119 e. The number of anilines is 1. The Balaban J connectivity index is 1.90. The lowest BCUT2D eigenvalue weighted by molar-refractivity contribution is 0.146. The minimum atomic E-state index is 0.543. The predicted molar refractivity (Wildman–Crippen MR) is 87.6 cm³/mol. The van der Waals surface area contributed by atoms with Gasteiger partial charge in [0.05, 0.1) is 6.61 Å². The van der Waals surface area contributed by atoms with Crippen LogP contribution < -0.4 is 10.1 Å². The fourth-order valence-electron chi connectivity index (χ4n) is 1.79. The summed E-state index contributed by atoms with van der Waals surface area (Å²) in [4.78, 5) is 0. The van der Waals surface area contributed by atoms with Gasteiger partial charge >= 0.3 is 0 Å². The maximum atomic E-state index is 6.13. The van der Waals surface area contributed by atoms with Crippen LogP contribution in [0.25, 0.3) is 0 Å². The molecular weight excluding hydrogens is 309 g/mol. The Bertz CT molecular complexity index is 573. The third-order valence-corrected chi connectivity index (χ3v) is 3.51. The van der Waals surface area contributed by atoms with Crippen LogP contribution in [0.1, 0.15) is 5.56 Å². The van der Waals surface area contributed by atoms with Crippen molar-refractivity contribution in [2.24, 2.45) is 0 Å². The van der Waals surface area contributed by atoms with Gasteiger partial charge in [-0.2, -0.15) is 0 Å². The molecule has 0 saturated heterocycles. The molecule has 0 amide bonds. The lowest BCUT2D eigenvalue weighted by Gasteiger charge is -2.10. The van der Waals surface area contributed by atoms with E-state index in [4.69, 9.17) is 32.7 Å². The minimum absolute atomic E-state index is 0.543. The van der Waals surface area contributed by atoms with Crippen molar-refractivity contribution < 1.29 is 9.47 Å². The van der Waals surface area contributed by atoms with E-state index in [0.29, 0.717) is 29.8 Å². The lowest BCUT2D eigenvalue weighted by atomic mass is 10.2. The Kier molecular flexibility index (Phi) is 6.18. The summed E-state index contributed by atoms with van der Waals surface area (Å²) in [5, 5.41) is 4.68. The summed E-state index contributed by atoms with van der Waals surface area (Å²) in [6.07, 6.45) is 0. The highest BCUT2D eigenvalue weighted by Gasteiger charge is 2.02. The summed E-state index contributed by atoms with van der Waals surface area (Å²) in [5.41, 5.74) is 1.95. The molecule has 0 aliphatic carbocycles. The van der Waals surface area contributed by atoms with E-state index < -0.39 is 0 Å². The van der Waals surface area contributed by atoms with Crippen LogP contribution in [0.4, 0.5) is 5.69 Å². The van der Waals surface area contributed by atoms with E-state index in [1.165, 1.54) is 0 Å². The van der Waals surface area contributed by atoms with Crippen molar-refractivity contribution in [3.63, 3.8) is 0 Å². The molecule has 21 heavy (non-hydrogen) atoms. The molecule has 0 heterocycles. The highest BCUT2D eigenvalue weighted by atomic mass is 35.5. The number of methoxy groups -OCH3 is 1. The fourth-order valence-corrected chi connectivity index (χ4v) is 2.17. The lowest BCUT2D eigenvalue weighted by Crippen LogP contribution is -2.04. The quantitative estimate of drug-likeness (QED) is 0.753.